The van der Waals surface area contributed by atoms with E-state index in [0.717, 1.165) is 22.4 Å². The Morgan fingerprint density at radius 1 is 1.19 bits per heavy atom. The van der Waals surface area contributed by atoms with Crippen molar-refractivity contribution in [1.82, 2.24) is 0 Å². The van der Waals surface area contributed by atoms with Gasteiger partial charge in [0.25, 0.3) is 0 Å². The average molecular weight is 339 g/mol. The fourth-order valence-corrected chi connectivity index (χ4v) is 2.89. The number of hydrogen-bond acceptors (Lipinski definition) is 2. The molecule has 0 fully saturated rings. The Morgan fingerprint density at radius 2 is 1.90 bits per heavy atom. The molecule has 1 atom stereocenters. The minimum Gasteiger partial charge on any atom is -0.389 e. The Labute approximate surface area is 140 Å². The summed E-state index contributed by atoms with van der Waals surface area (Å²) in [7, 11) is 0. The maximum absolute atomic E-state index is 6.24. The highest BCUT2D eigenvalue weighted by Crippen LogP contribution is 2.29. The highest BCUT2D eigenvalue weighted by molar-refractivity contribution is 7.80. The van der Waals surface area contributed by atoms with E-state index in [9.17, 15) is 0 Å². The first-order valence-corrected chi connectivity index (χ1v) is 7.67. The maximum Gasteiger partial charge on any atom is 0.106 e. The minimum absolute atomic E-state index is 0.00516. The second-order valence-corrected chi connectivity index (χ2v) is 6.23. The van der Waals surface area contributed by atoms with Crippen LogP contribution in [0.4, 0.5) is 5.69 Å². The Hall–Kier alpha value is -1.29. The van der Waals surface area contributed by atoms with Gasteiger partial charge in [0, 0.05) is 21.3 Å². The molecule has 0 spiro atoms. The van der Waals surface area contributed by atoms with E-state index in [1.807, 2.05) is 44.2 Å². The normalized spacial score (nSPS) is 12.0. The van der Waals surface area contributed by atoms with Gasteiger partial charge in [0.2, 0.25) is 0 Å². The molecule has 0 radical (unpaired) electrons. The predicted octanol–water partition coefficient (Wildman–Crippen LogP) is 5.11. The Morgan fingerprint density at radius 3 is 2.52 bits per heavy atom. The number of anilines is 1. The van der Waals surface area contributed by atoms with Crippen molar-refractivity contribution >= 4 is 46.1 Å². The molecule has 1 unspecified atom stereocenters. The maximum atomic E-state index is 6.24. The Kier molecular flexibility index (Phi) is 5.09. The first-order valence-electron chi connectivity index (χ1n) is 6.50. The van der Waals surface area contributed by atoms with Crippen LogP contribution in [-0.2, 0) is 0 Å². The molecule has 2 nitrogen and oxygen atoms in total. The molecule has 0 aromatic heterocycles. The lowest BCUT2D eigenvalue weighted by molar-refractivity contribution is 0.884. The van der Waals surface area contributed by atoms with Crippen molar-refractivity contribution in [3.05, 3.63) is 63.1 Å². The summed E-state index contributed by atoms with van der Waals surface area (Å²) < 4.78 is 0. The van der Waals surface area contributed by atoms with Gasteiger partial charge in [0.05, 0.1) is 6.04 Å². The first kappa shape index (κ1) is 16.1. The fraction of sp³-hybridized carbons (Fsp3) is 0.188. The summed E-state index contributed by atoms with van der Waals surface area (Å²) in [4.78, 5) is 0.371. The molecular formula is C16H16Cl2N2S. The number of rotatable bonds is 4. The summed E-state index contributed by atoms with van der Waals surface area (Å²) in [6, 6.07) is 11.4. The van der Waals surface area contributed by atoms with E-state index < -0.39 is 0 Å². The molecule has 21 heavy (non-hydrogen) atoms. The first-order chi connectivity index (χ1) is 9.88. The lowest BCUT2D eigenvalue weighted by atomic mass is 10.1. The number of thiocarbonyl (C=S) groups is 1. The quantitative estimate of drug-likeness (QED) is 0.760. The minimum atomic E-state index is 0.00516. The largest absolute Gasteiger partial charge is 0.389 e. The second kappa shape index (κ2) is 6.65. The van der Waals surface area contributed by atoms with E-state index >= 15 is 0 Å². The van der Waals surface area contributed by atoms with Crippen molar-refractivity contribution in [3.8, 4) is 0 Å². The monoisotopic (exact) mass is 338 g/mol. The molecule has 0 saturated carbocycles. The van der Waals surface area contributed by atoms with E-state index in [1.54, 1.807) is 6.07 Å². The van der Waals surface area contributed by atoms with E-state index in [2.05, 4.69) is 5.32 Å². The van der Waals surface area contributed by atoms with Gasteiger partial charge in [-0.1, -0.05) is 53.1 Å². The van der Waals surface area contributed by atoms with Gasteiger partial charge in [0.1, 0.15) is 4.99 Å². The van der Waals surface area contributed by atoms with E-state index in [4.69, 9.17) is 41.2 Å². The molecule has 0 aliphatic rings. The predicted molar refractivity (Wildman–Crippen MR) is 95.6 cm³/mol. The summed E-state index contributed by atoms with van der Waals surface area (Å²) in [5.74, 6) is 0. The topological polar surface area (TPSA) is 38.0 Å². The molecule has 0 heterocycles. The van der Waals surface area contributed by atoms with Crippen molar-refractivity contribution in [1.29, 1.82) is 0 Å². The van der Waals surface area contributed by atoms with Crippen LogP contribution in [-0.4, -0.2) is 4.99 Å². The number of nitrogens with one attached hydrogen (secondary N) is 1. The average Bonchev–Trinajstić information content (AvgIpc) is 2.40. The van der Waals surface area contributed by atoms with E-state index in [0.29, 0.717) is 15.0 Å². The van der Waals surface area contributed by atoms with Crippen LogP contribution in [0.3, 0.4) is 0 Å². The summed E-state index contributed by atoms with van der Waals surface area (Å²) in [5, 5.41) is 4.65. The third kappa shape index (κ3) is 3.88. The van der Waals surface area contributed by atoms with Gasteiger partial charge in [-0.25, -0.2) is 0 Å². The third-order valence-corrected chi connectivity index (χ3v) is 4.02. The van der Waals surface area contributed by atoms with Crippen molar-refractivity contribution < 1.29 is 0 Å². The van der Waals surface area contributed by atoms with E-state index in [-0.39, 0.29) is 6.04 Å². The summed E-state index contributed by atoms with van der Waals surface area (Å²) in [6.45, 7) is 4.03. The fourth-order valence-electron chi connectivity index (χ4n) is 2.15. The van der Waals surface area contributed by atoms with Gasteiger partial charge in [0.15, 0.2) is 0 Å². The second-order valence-electron chi connectivity index (χ2n) is 4.95. The van der Waals surface area contributed by atoms with Crippen molar-refractivity contribution in [2.75, 3.05) is 5.32 Å². The molecule has 2 aromatic carbocycles. The van der Waals surface area contributed by atoms with Crippen molar-refractivity contribution in [3.63, 3.8) is 0 Å². The number of benzene rings is 2. The molecule has 3 N–H and O–H groups in total. The van der Waals surface area contributed by atoms with Gasteiger partial charge in [-0.05, 0) is 43.7 Å². The zero-order valence-corrected chi connectivity index (χ0v) is 14.1. The van der Waals surface area contributed by atoms with Crippen LogP contribution in [0.2, 0.25) is 10.0 Å². The number of hydrogen-bond donors (Lipinski definition) is 2. The number of halogens is 2. The van der Waals surface area contributed by atoms with Crippen LogP contribution in [0.1, 0.15) is 29.7 Å². The zero-order chi connectivity index (χ0) is 15.6. The van der Waals surface area contributed by atoms with Crippen molar-refractivity contribution in [2.45, 2.75) is 19.9 Å². The van der Waals surface area contributed by atoms with Crippen LogP contribution in [0.25, 0.3) is 0 Å². The smallest absolute Gasteiger partial charge is 0.106 e. The molecular weight excluding hydrogens is 323 g/mol. The van der Waals surface area contributed by atoms with Gasteiger partial charge < -0.3 is 11.1 Å². The molecule has 0 saturated heterocycles. The van der Waals surface area contributed by atoms with Crippen molar-refractivity contribution in [2.24, 2.45) is 5.73 Å². The van der Waals surface area contributed by atoms with Gasteiger partial charge in [-0.2, -0.15) is 0 Å². The summed E-state index contributed by atoms with van der Waals surface area (Å²) in [5.41, 5.74) is 9.61. The van der Waals surface area contributed by atoms with Crippen LogP contribution in [0.5, 0.6) is 0 Å². The highest BCUT2D eigenvalue weighted by Gasteiger charge is 2.13. The van der Waals surface area contributed by atoms with Crippen LogP contribution < -0.4 is 11.1 Å². The summed E-state index contributed by atoms with van der Waals surface area (Å²) in [6.07, 6.45) is 0. The van der Waals surface area contributed by atoms with Gasteiger partial charge in [-0.15, -0.1) is 0 Å². The lowest BCUT2D eigenvalue weighted by Crippen LogP contribution is -2.15. The zero-order valence-electron chi connectivity index (χ0n) is 11.8. The summed E-state index contributed by atoms with van der Waals surface area (Å²) >= 11 is 17.3. The van der Waals surface area contributed by atoms with Crippen LogP contribution in [0.15, 0.2) is 36.4 Å². The van der Waals surface area contributed by atoms with E-state index in [1.165, 1.54) is 0 Å². The molecule has 0 aliphatic heterocycles. The molecule has 0 aliphatic carbocycles. The molecule has 2 aromatic rings. The highest BCUT2D eigenvalue weighted by atomic mass is 35.5. The standard InChI is InChI=1S/C16H16Cl2N2S/c1-9-3-6-15(13(7-9)16(19)21)20-10(2)12-5-4-11(17)8-14(12)18/h3-8,10,20H,1-2H3,(H2,19,21). The molecule has 5 heteroatoms. The number of aryl methyl sites for hydroxylation is 1. The van der Waals surface area contributed by atoms with Gasteiger partial charge >= 0.3 is 0 Å². The molecule has 110 valence electrons. The third-order valence-electron chi connectivity index (χ3n) is 3.24. The lowest BCUT2D eigenvalue weighted by Gasteiger charge is -2.19. The number of nitrogens with two attached hydrogens (primary N) is 1. The molecule has 0 amide bonds. The Balaban J connectivity index is 2.31. The van der Waals surface area contributed by atoms with Crippen LogP contribution in [0, 0.1) is 6.92 Å². The molecule has 0 bridgehead atoms. The molecule has 2 rings (SSSR count). The van der Waals surface area contributed by atoms with Gasteiger partial charge in [-0.3, -0.25) is 0 Å². The Bertz CT molecular complexity index is 686. The van der Waals surface area contributed by atoms with Crippen LogP contribution >= 0.6 is 35.4 Å². The SMILES string of the molecule is Cc1ccc(NC(C)c2ccc(Cl)cc2Cl)c(C(N)=S)c1.